The predicted octanol–water partition coefficient (Wildman–Crippen LogP) is 3.27. The van der Waals surface area contributed by atoms with Gasteiger partial charge in [0.15, 0.2) is 0 Å². The number of fused-ring (bicyclic) bond motifs is 1. The lowest BCUT2D eigenvalue weighted by Gasteiger charge is -1.95. The lowest BCUT2D eigenvalue weighted by atomic mass is 10.1. The first-order valence-corrected chi connectivity index (χ1v) is 6.61. The molecule has 3 nitrogen and oxygen atoms in total. The monoisotopic (exact) mass is 249 g/mol. The van der Waals surface area contributed by atoms with Crippen LogP contribution in [0.4, 0.5) is 0 Å². The van der Waals surface area contributed by atoms with Crippen molar-refractivity contribution in [3.05, 3.63) is 28.8 Å². The number of carboxylic acids is 1. The van der Waals surface area contributed by atoms with E-state index in [1.165, 1.54) is 6.42 Å². The summed E-state index contributed by atoms with van der Waals surface area (Å²) >= 11 is 1.67. The molecule has 0 aliphatic rings. The molecule has 90 valence electrons. The number of thiazole rings is 1. The molecule has 17 heavy (non-hydrogen) atoms. The number of aromatic nitrogens is 1. The van der Waals surface area contributed by atoms with Gasteiger partial charge in [0, 0.05) is 0 Å². The standard InChI is InChI=1S/C13H15NO2S/c1-2-3-4-12-14-10-6-5-9(8-13(15)16)7-11(10)17-12/h5-7H,2-4,8H2,1H3,(H,15,16). The number of aliphatic carboxylic acids is 1. The average molecular weight is 249 g/mol. The minimum Gasteiger partial charge on any atom is -0.481 e. The normalized spacial score (nSPS) is 10.9. The highest BCUT2D eigenvalue weighted by Gasteiger charge is 2.06. The second-order valence-corrected chi connectivity index (χ2v) is 5.20. The SMILES string of the molecule is CCCCc1nc2ccc(CC(=O)O)cc2s1. The van der Waals surface area contributed by atoms with Gasteiger partial charge in [-0.25, -0.2) is 4.98 Å². The maximum atomic E-state index is 10.6. The smallest absolute Gasteiger partial charge is 0.307 e. The van der Waals surface area contributed by atoms with E-state index < -0.39 is 5.97 Å². The van der Waals surface area contributed by atoms with Gasteiger partial charge in [-0.1, -0.05) is 19.4 Å². The molecule has 0 amide bonds. The summed E-state index contributed by atoms with van der Waals surface area (Å²) in [6.45, 7) is 2.16. The van der Waals surface area contributed by atoms with Gasteiger partial charge in [-0.2, -0.15) is 0 Å². The van der Waals surface area contributed by atoms with Crippen LogP contribution in [0.2, 0.25) is 0 Å². The van der Waals surface area contributed by atoms with Crippen LogP contribution in [0.3, 0.4) is 0 Å². The third-order valence-corrected chi connectivity index (χ3v) is 3.67. The van der Waals surface area contributed by atoms with Crippen molar-refractivity contribution in [1.29, 1.82) is 0 Å². The highest BCUT2D eigenvalue weighted by atomic mass is 32.1. The molecule has 2 aromatic rings. The van der Waals surface area contributed by atoms with Crippen LogP contribution in [0.1, 0.15) is 30.3 Å². The van der Waals surface area contributed by atoms with Gasteiger partial charge in [-0.15, -0.1) is 11.3 Å². The molecule has 0 atom stereocenters. The van der Waals surface area contributed by atoms with Crippen LogP contribution in [0.5, 0.6) is 0 Å². The van der Waals surface area contributed by atoms with Crippen LogP contribution in [0, 0.1) is 0 Å². The summed E-state index contributed by atoms with van der Waals surface area (Å²) in [5, 5.41) is 9.90. The van der Waals surface area contributed by atoms with E-state index in [4.69, 9.17) is 5.11 Å². The summed E-state index contributed by atoms with van der Waals surface area (Å²) in [5.74, 6) is -0.792. The third-order valence-electron chi connectivity index (χ3n) is 2.60. The van der Waals surface area contributed by atoms with Crippen molar-refractivity contribution in [3.8, 4) is 0 Å². The van der Waals surface area contributed by atoms with E-state index in [1.807, 2.05) is 18.2 Å². The van der Waals surface area contributed by atoms with E-state index in [0.29, 0.717) is 0 Å². The molecule has 0 spiro atoms. The van der Waals surface area contributed by atoms with Crippen LogP contribution < -0.4 is 0 Å². The molecule has 1 aromatic heterocycles. The Balaban J connectivity index is 2.24. The number of rotatable bonds is 5. The number of benzene rings is 1. The minimum atomic E-state index is -0.792. The number of aryl methyl sites for hydroxylation is 1. The van der Waals surface area contributed by atoms with Crippen LogP contribution in [-0.4, -0.2) is 16.1 Å². The second kappa shape index (κ2) is 5.27. The topological polar surface area (TPSA) is 50.2 Å². The Morgan fingerprint density at radius 2 is 2.29 bits per heavy atom. The van der Waals surface area contributed by atoms with Crippen molar-refractivity contribution >= 4 is 27.5 Å². The summed E-state index contributed by atoms with van der Waals surface area (Å²) in [6.07, 6.45) is 3.42. The average Bonchev–Trinajstić information content (AvgIpc) is 2.67. The third kappa shape index (κ3) is 3.03. The number of carboxylic acid groups (broad SMARTS) is 1. The molecule has 1 heterocycles. The lowest BCUT2D eigenvalue weighted by Crippen LogP contribution is -1.99. The van der Waals surface area contributed by atoms with Gasteiger partial charge in [0.05, 0.1) is 21.6 Å². The van der Waals surface area contributed by atoms with Crippen molar-refractivity contribution < 1.29 is 9.90 Å². The molecule has 0 radical (unpaired) electrons. The zero-order valence-corrected chi connectivity index (χ0v) is 10.6. The van der Waals surface area contributed by atoms with Crippen LogP contribution in [0.15, 0.2) is 18.2 Å². The number of nitrogens with zero attached hydrogens (tertiary/aromatic N) is 1. The molecular formula is C13H15NO2S. The number of unbranched alkanes of at least 4 members (excludes halogenated alkanes) is 1. The Morgan fingerprint density at radius 3 is 3.00 bits per heavy atom. The highest BCUT2D eigenvalue weighted by Crippen LogP contribution is 2.24. The number of hydrogen-bond acceptors (Lipinski definition) is 3. The zero-order valence-electron chi connectivity index (χ0n) is 9.77. The van der Waals surface area contributed by atoms with Crippen molar-refractivity contribution in [2.45, 2.75) is 32.6 Å². The molecule has 0 saturated heterocycles. The Kier molecular flexibility index (Phi) is 3.74. The molecule has 4 heteroatoms. The molecule has 0 aliphatic carbocycles. The van der Waals surface area contributed by atoms with E-state index in [9.17, 15) is 4.79 Å². The van der Waals surface area contributed by atoms with Crippen molar-refractivity contribution in [2.24, 2.45) is 0 Å². The second-order valence-electron chi connectivity index (χ2n) is 4.08. The van der Waals surface area contributed by atoms with Crippen molar-refractivity contribution in [1.82, 2.24) is 4.98 Å². The van der Waals surface area contributed by atoms with E-state index in [-0.39, 0.29) is 6.42 Å². The Bertz CT molecular complexity index is 533. The van der Waals surface area contributed by atoms with Gasteiger partial charge < -0.3 is 5.11 Å². The van der Waals surface area contributed by atoms with Gasteiger partial charge in [0.1, 0.15) is 0 Å². The lowest BCUT2D eigenvalue weighted by molar-refractivity contribution is -0.136. The van der Waals surface area contributed by atoms with E-state index >= 15 is 0 Å². The number of carbonyl (C=O) groups is 1. The molecule has 0 fully saturated rings. The van der Waals surface area contributed by atoms with E-state index in [1.54, 1.807) is 11.3 Å². The van der Waals surface area contributed by atoms with E-state index in [0.717, 1.165) is 33.6 Å². The number of hydrogen-bond donors (Lipinski definition) is 1. The quantitative estimate of drug-likeness (QED) is 0.884. The van der Waals surface area contributed by atoms with Gasteiger partial charge in [-0.3, -0.25) is 4.79 Å². The molecule has 0 aliphatic heterocycles. The van der Waals surface area contributed by atoms with Crippen LogP contribution in [-0.2, 0) is 17.6 Å². The maximum absolute atomic E-state index is 10.6. The first kappa shape index (κ1) is 12.0. The Hall–Kier alpha value is -1.42. The zero-order chi connectivity index (χ0) is 12.3. The fourth-order valence-corrected chi connectivity index (χ4v) is 2.81. The van der Waals surface area contributed by atoms with Gasteiger partial charge in [-0.05, 0) is 30.5 Å². The highest BCUT2D eigenvalue weighted by molar-refractivity contribution is 7.18. The van der Waals surface area contributed by atoms with Crippen LogP contribution >= 0.6 is 11.3 Å². The molecule has 1 aromatic carbocycles. The summed E-state index contributed by atoms with van der Waals surface area (Å²) < 4.78 is 1.09. The molecule has 2 rings (SSSR count). The molecule has 0 saturated carbocycles. The Labute approximate surface area is 104 Å². The van der Waals surface area contributed by atoms with Gasteiger partial charge in [0.25, 0.3) is 0 Å². The largest absolute Gasteiger partial charge is 0.481 e. The minimum absolute atomic E-state index is 0.0815. The first-order valence-electron chi connectivity index (χ1n) is 5.79. The van der Waals surface area contributed by atoms with Crippen LogP contribution in [0.25, 0.3) is 10.2 Å². The fraction of sp³-hybridized carbons (Fsp3) is 0.385. The predicted molar refractivity (Wildman–Crippen MR) is 69.6 cm³/mol. The van der Waals surface area contributed by atoms with E-state index in [2.05, 4.69) is 11.9 Å². The van der Waals surface area contributed by atoms with Crippen molar-refractivity contribution in [2.75, 3.05) is 0 Å². The Morgan fingerprint density at radius 1 is 1.47 bits per heavy atom. The van der Waals surface area contributed by atoms with Gasteiger partial charge in [0.2, 0.25) is 0 Å². The molecule has 0 bridgehead atoms. The summed E-state index contributed by atoms with van der Waals surface area (Å²) in [4.78, 5) is 15.2. The van der Waals surface area contributed by atoms with Crippen molar-refractivity contribution in [3.63, 3.8) is 0 Å². The van der Waals surface area contributed by atoms with Gasteiger partial charge >= 0.3 is 5.97 Å². The maximum Gasteiger partial charge on any atom is 0.307 e. The molecule has 1 N–H and O–H groups in total. The molecule has 0 unspecified atom stereocenters. The summed E-state index contributed by atoms with van der Waals surface area (Å²) in [6, 6.07) is 5.70. The first-order chi connectivity index (χ1) is 8.19. The molecular weight excluding hydrogens is 234 g/mol. The summed E-state index contributed by atoms with van der Waals surface area (Å²) in [5.41, 5.74) is 1.82. The fourth-order valence-electron chi connectivity index (χ4n) is 1.74. The summed E-state index contributed by atoms with van der Waals surface area (Å²) in [7, 11) is 0.